The van der Waals surface area contributed by atoms with Crippen LogP contribution in [0, 0.1) is 0 Å². The Morgan fingerprint density at radius 1 is 1.15 bits per heavy atom. The minimum atomic E-state index is -3.51. The molecule has 0 radical (unpaired) electrons. The number of carbonyl (C=O) groups excluding carboxylic acids is 1. The second kappa shape index (κ2) is 6.85. The van der Waals surface area contributed by atoms with Gasteiger partial charge in [0.05, 0.1) is 4.90 Å². The van der Waals surface area contributed by atoms with Crippen molar-refractivity contribution >= 4 is 15.9 Å². The molecule has 5 nitrogen and oxygen atoms in total. The predicted molar refractivity (Wildman–Crippen MR) is 76.6 cm³/mol. The smallest absolute Gasteiger partial charge is 0.240 e. The van der Waals surface area contributed by atoms with Crippen molar-refractivity contribution in [2.75, 3.05) is 6.54 Å². The van der Waals surface area contributed by atoms with Gasteiger partial charge in [0.1, 0.15) is 0 Å². The van der Waals surface area contributed by atoms with Crippen molar-refractivity contribution in [1.82, 2.24) is 10.0 Å². The van der Waals surface area contributed by atoms with Crippen LogP contribution in [0.1, 0.15) is 32.1 Å². The van der Waals surface area contributed by atoms with Gasteiger partial charge in [-0.2, -0.15) is 0 Å². The minimum absolute atomic E-state index is 0.0901. The molecule has 0 unspecified atom stereocenters. The summed E-state index contributed by atoms with van der Waals surface area (Å²) in [7, 11) is -3.51. The molecule has 1 amide bonds. The van der Waals surface area contributed by atoms with Crippen molar-refractivity contribution in [3.8, 4) is 0 Å². The van der Waals surface area contributed by atoms with Crippen molar-refractivity contribution in [2.45, 2.75) is 43.0 Å². The second-order valence-electron chi connectivity index (χ2n) is 5.01. The third-order valence-corrected chi connectivity index (χ3v) is 4.89. The number of benzene rings is 1. The maximum absolute atomic E-state index is 11.9. The van der Waals surface area contributed by atoms with E-state index in [0.717, 1.165) is 25.7 Å². The zero-order valence-electron chi connectivity index (χ0n) is 11.3. The van der Waals surface area contributed by atoms with Crippen LogP contribution in [-0.4, -0.2) is 26.9 Å². The summed E-state index contributed by atoms with van der Waals surface area (Å²) in [4.78, 5) is 11.9. The summed E-state index contributed by atoms with van der Waals surface area (Å²) in [6.07, 6.45) is 4.54. The van der Waals surface area contributed by atoms with Crippen molar-refractivity contribution in [3.63, 3.8) is 0 Å². The van der Waals surface area contributed by atoms with E-state index in [0.29, 0.717) is 0 Å². The van der Waals surface area contributed by atoms with E-state index in [1.165, 1.54) is 12.1 Å². The van der Waals surface area contributed by atoms with Gasteiger partial charge in [0.2, 0.25) is 15.9 Å². The fraction of sp³-hybridized carbons (Fsp3) is 0.500. The quantitative estimate of drug-likeness (QED) is 0.833. The van der Waals surface area contributed by atoms with Crippen LogP contribution in [0.5, 0.6) is 0 Å². The molecule has 2 rings (SSSR count). The molecule has 1 aliphatic carbocycles. The molecule has 1 fully saturated rings. The predicted octanol–water partition coefficient (Wildman–Crippen LogP) is 1.41. The van der Waals surface area contributed by atoms with E-state index in [9.17, 15) is 13.2 Å². The van der Waals surface area contributed by atoms with Gasteiger partial charge in [0, 0.05) is 19.0 Å². The van der Waals surface area contributed by atoms with Crippen LogP contribution in [0.3, 0.4) is 0 Å². The van der Waals surface area contributed by atoms with Crippen LogP contribution in [-0.2, 0) is 14.8 Å². The van der Waals surface area contributed by atoms with Crippen LogP contribution in [0.15, 0.2) is 35.2 Å². The fourth-order valence-electron chi connectivity index (χ4n) is 2.35. The number of carbonyl (C=O) groups is 1. The lowest BCUT2D eigenvalue weighted by molar-refractivity contribution is -0.121. The first-order valence-electron chi connectivity index (χ1n) is 6.92. The lowest BCUT2D eigenvalue weighted by atomic mass is 10.2. The molecule has 0 aliphatic heterocycles. The van der Waals surface area contributed by atoms with Gasteiger partial charge in [-0.1, -0.05) is 31.0 Å². The molecule has 6 heteroatoms. The van der Waals surface area contributed by atoms with E-state index in [1.54, 1.807) is 18.2 Å². The SMILES string of the molecule is O=C(CCNS(=O)(=O)c1ccccc1)NC1CCCC1. The summed E-state index contributed by atoms with van der Waals surface area (Å²) in [5.41, 5.74) is 0. The number of rotatable bonds is 6. The van der Waals surface area contributed by atoms with E-state index in [4.69, 9.17) is 0 Å². The highest BCUT2D eigenvalue weighted by molar-refractivity contribution is 7.89. The van der Waals surface area contributed by atoms with Crippen molar-refractivity contribution in [1.29, 1.82) is 0 Å². The lowest BCUT2D eigenvalue weighted by Crippen LogP contribution is -2.35. The summed E-state index contributed by atoms with van der Waals surface area (Å²) in [5, 5.41) is 2.93. The van der Waals surface area contributed by atoms with E-state index in [-0.39, 0.29) is 29.8 Å². The fourth-order valence-corrected chi connectivity index (χ4v) is 3.40. The molecule has 1 aliphatic rings. The Balaban J connectivity index is 1.76. The van der Waals surface area contributed by atoms with E-state index < -0.39 is 10.0 Å². The normalized spacial score (nSPS) is 16.2. The van der Waals surface area contributed by atoms with E-state index in [1.807, 2.05) is 0 Å². The van der Waals surface area contributed by atoms with Gasteiger partial charge >= 0.3 is 0 Å². The summed E-state index contributed by atoms with van der Waals surface area (Å²) >= 11 is 0. The molecule has 1 saturated carbocycles. The highest BCUT2D eigenvalue weighted by atomic mass is 32.2. The Bertz CT molecular complexity index is 537. The average molecular weight is 296 g/mol. The number of sulfonamides is 1. The third kappa shape index (κ3) is 4.31. The van der Waals surface area contributed by atoms with Crippen LogP contribution in [0.25, 0.3) is 0 Å². The Hall–Kier alpha value is -1.40. The summed E-state index contributed by atoms with van der Waals surface area (Å²) in [6, 6.07) is 8.42. The molecule has 1 aromatic carbocycles. The number of hydrogen-bond donors (Lipinski definition) is 2. The molecular formula is C14H20N2O3S. The largest absolute Gasteiger partial charge is 0.353 e. The summed E-state index contributed by atoms with van der Waals surface area (Å²) in [5.74, 6) is -0.0901. The Morgan fingerprint density at radius 3 is 2.45 bits per heavy atom. The van der Waals surface area contributed by atoms with Crippen molar-refractivity contribution in [3.05, 3.63) is 30.3 Å². The first kappa shape index (κ1) is 15.0. The van der Waals surface area contributed by atoms with Gasteiger partial charge in [0.25, 0.3) is 0 Å². The standard InChI is InChI=1S/C14H20N2O3S/c17-14(16-12-6-4-5-7-12)10-11-15-20(18,19)13-8-2-1-3-9-13/h1-3,8-9,12,15H,4-7,10-11H2,(H,16,17). The third-order valence-electron chi connectivity index (χ3n) is 3.42. The van der Waals surface area contributed by atoms with Crippen LogP contribution in [0.4, 0.5) is 0 Å². The first-order chi connectivity index (χ1) is 9.58. The number of nitrogens with one attached hydrogen (secondary N) is 2. The molecular weight excluding hydrogens is 276 g/mol. The molecule has 20 heavy (non-hydrogen) atoms. The van der Waals surface area contributed by atoms with Gasteiger partial charge < -0.3 is 5.32 Å². The zero-order valence-corrected chi connectivity index (χ0v) is 12.2. The summed E-state index contributed by atoms with van der Waals surface area (Å²) in [6.45, 7) is 0.121. The molecule has 2 N–H and O–H groups in total. The molecule has 1 aromatic rings. The summed E-state index contributed by atoms with van der Waals surface area (Å²) < 4.78 is 26.3. The first-order valence-corrected chi connectivity index (χ1v) is 8.40. The van der Waals surface area contributed by atoms with Crippen LogP contribution >= 0.6 is 0 Å². The van der Waals surface area contributed by atoms with Gasteiger partial charge in [-0.15, -0.1) is 0 Å². The van der Waals surface area contributed by atoms with Gasteiger partial charge in [-0.25, -0.2) is 13.1 Å². The Kier molecular flexibility index (Phi) is 5.14. The zero-order chi connectivity index (χ0) is 14.4. The van der Waals surface area contributed by atoms with Crippen LogP contribution < -0.4 is 10.0 Å². The van der Waals surface area contributed by atoms with Gasteiger partial charge in [0.15, 0.2) is 0 Å². The van der Waals surface area contributed by atoms with Crippen molar-refractivity contribution < 1.29 is 13.2 Å². The molecule has 0 bridgehead atoms. The lowest BCUT2D eigenvalue weighted by Gasteiger charge is -2.12. The average Bonchev–Trinajstić information content (AvgIpc) is 2.92. The molecule has 0 spiro atoms. The maximum atomic E-state index is 11.9. The molecule has 110 valence electrons. The minimum Gasteiger partial charge on any atom is -0.353 e. The molecule has 0 saturated heterocycles. The second-order valence-corrected chi connectivity index (χ2v) is 6.78. The molecule has 0 heterocycles. The molecule has 0 aromatic heterocycles. The highest BCUT2D eigenvalue weighted by Gasteiger charge is 2.18. The maximum Gasteiger partial charge on any atom is 0.240 e. The highest BCUT2D eigenvalue weighted by Crippen LogP contribution is 2.17. The van der Waals surface area contributed by atoms with Crippen LogP contribution in [0.2, 0.25) is 0 Å². The Morgan fingerprint density at radius 2 is 1.80 bits per heavy atom. The Labute approximate surface area is 119 Å². The monoisotopic (exact) mass is 296 g/mol. The van der Waals surface area contributed by atoms with Crippen molar-refractivity contribution in [2.24, 2.45) is 0 Å². The van der Waals surface area contributed by atoms with E-state index in [2.05, 4.69) is 10.0 Å². The molecule has 0 atom stereocenters. The van der Waals surface area contributed by atoms with Gasteiger partial charge in [-0.05, 0) is 25.0 Å². The number of amides is 1. The number of hydrogen-bond acceptors (Lipinski definition) is 3. The van der Waals surface area contributed by atoms with E-state index >= 15 is 0 Å². The topological polar surface area (TPSA) is 75.3 Å². The van der Waals surface area contributed by atoms with Gasteiger partial charge in [-0.3, -0.25) is 4.79 Å².